The van der Waals surface area contributed by atoms with Crippen LogP contribution >= 0.6 is 29.4 Å². The average molecular weight is 605 g/mol. The summed E-state index contributed by atoms with van der Waals surface area (Å²) < 4.78 is 65.0. The lowest BCUT2D eigenvalue weighted by Gasteiger charge is -2.40. The first kappa shape index (κ1) is 27.8. The zero-order chi connectivity index (χ0) is 24.3. The fraction of sp³-hybridized carbons (Fsp3) is 0.667. The molecular formula is C21H32F3INO4PSi. The summed E-state index contributed by atoms with van der Waals surface area (Å²) >= 11 is 2.52. The molecule has 1 aromatic carbocycles. The lowest BCUT2D eigenvalue weighted by molar-refractivity contribution is -0.137. The van der Waals surface area contributed by atoms with Gasteiger partial charge in [0, 0.05) is 11.6 Å². The van der Waals surface area contributed by atoms with Crippen LogP contribution in [0.2, 0.25) is 19.6 Å². The van der Waals surface area contributed by atoms with Crippen molar-refractivity contribution in [3.63, 3.8) is 0 Å². The molecule has 1 amide bonds. The molecule has 3 atom stereocenters. The second kappa shape index (κ2) is 11.3. The third-order valence-electron chi connectivity index (χ3n) is 5.24. The first-order valence-electron chi connectivity index (χ1n) is 10.9. The van der Waals surface area contributed by atoms with Crippen molar-refractivity contribution < 1.29 is 31.6 Å². The van der Waals surface area contributed by atoms with E-state index in [1.54, 1.807) is 13.8 Å². The highest BCUT2D eigenvalue weighted by Crippen LogP contribution is 2.58. The van der Waals surface area contributed by atoms with Crippen LogP contribution in [0.5, 0.6) is 0 Å². The van der Waals surface area contributed by atoms with Crippen LogP contribution in [0.3, 0.4) is 0 Å². The molecule has 3 rings (SSSR count). The van der Waals surface area contributed by atoms with E-state index in [9.17, 15) is 22.5 Å². The van der Waals surface area contributed by atoms with Crippen molar-refractivity contribution in [3.8, 4) is 0 Å². The third kappa shape index (κ3) is 6.58. The fourth-order valence-electron chi connectivity index (χ4n) is 4.12. The average Bonchev–Trinajstić information content (AvgIpc) is 3.10. The molecule has 1 unspecified atom stereocenters. The lowest BCUT2D eigenvalue weighted by Crippen LogP contribution is -2.48. The molecule has 182 valence electrons. The molecule has 2 saturated heterocycles. The molecule has 0 radical (unpaired) electrons. The molecule has 2 fully saturated rings. The van der Waals surface area contributed by atoms with E-state index in [-0.39, 0.29) is 24.8 Å². The van der Waals surface area contributed by atoms with Gasteiger partial charge in [-0.05, 0) is 45.6 Å². The number of carbonyl (C=O) groups excluding carboxylic acids is 1. The van der Waals surface area contributed by atoms with E-state index in [4.69, 9.17) is 9.05 Å². The van der Waals surface area contributed by atoms with Crippen LogP contribution in [-0.2, 0) is 18.4 Å². The summed E-state index contributed by atoms with van der Waals surface area (Å²) in [4.78, 5) is 14.6. The van der Waals surface area contributed by atoms with E-state index in [1.165, 1.54) is 11.0 Å². The number of hydrogen-bond acceptors (Lipinski definition) is 4. The molecule has 1 aromatic rings. The molecule has 32 heavy (non-hydrogen) atoms. The van der Waals surface area contributed by atoms with E-state index in [1.807, 2.05) is 0 Å². The Balaban J connectivity index is 0.000000654. The Kier molecular flexibility index (Phi) is 9.85. The second-order valence-corrected chi connectivity index (χ2v) is 24.9. The van der Waals surface area contributed by atoms with Gasteiger partial charge in [-0.1, -0.05) is 25.7 Å². The zero-order valence-electron chi connectivity index (χ0n) is 19.2. The van der Waals surface area contributed by atoms with Gasteiger partial charge in [0.25, 0.3) is 0 Å². The smallest absolute Gasteiger partial charge is 0.332 e. The Morgan fingerprint density at radius 1 is 1.03 bits per heavy atom. The molecule has 0 N–H and O–H groups in total. The van der Waals surface area contributed by atoms with Gasteiger partial charge in [-0.2, -0.15) is 0 Å². The van der Waals surface area contributed by atoms with Crippen molar-refractivity contribution >= 4 is 40.9 Å². The van der Waals surface area contributed by atoms with Crippen LogP contribution in [0.25, 0.3) is 0 Å². The van der Waals surface area contributed by atoms with Gasteiger partial charge in [0.1, 0.15) is 11.2 Å². The summed E-state index contributed by atoms with van der Waals surface area (Å²) in [5.41, 5.74) is -1.67. The fourth-order valence-corrected chi connectivity index (χ4v) is 6.14. The van der Waals surface area contributed by atoms with E-state index in [0.717, 1.165) is 6.07 Å². The first-order chi connectivity index (χ1) is 14.8. The minimum atomic E-state index is -3.67. The van der Waals surface area contributed by atoms with Crippen LogP contribution in [0, 0.1) is 17.5 Å². The number of fused-ring (bicyclic) bond motifs is 1. The van der Waals surface area contributed by atoms with Gasteiger partial charge in [0.05, 0.1) is 19.3 Å². The van der Waals surface area contributed by atoms with Crippen molar-refractivity contribution in [1.29, 1.82) is 0 Å². The predicted molar refractivity (Wildman–Crippen MR) is 130 cm³/mol. The van der Waals surface area contributed by atoms with Gasteiger partial charge < -0.3 is 13.9 Å². The molecule has 0 spiro atoms. The Morgan fingerprint density at radius 3 is 2.09 bits per heavy atom. The van der Waals surface area contributed by atoms with Gasteiger partial charge in [-0.25, -0.2) is 13.2 Å². The zero-order valence-corrected chi connectivity index (χ0v) is 23.2. The normalized spacial score (nSPS) is 23.6. The molecule has 11 heteroatoms. The molecule has 2 heterocycles. The van der Waals surface area contributed by atoms with Gasteiger partial charge in [0.15, 0.2) is 17.5 Å². The maximum atomic E-state index is 14.3. The quantitative estimate of drug-likeness (QED) is 0.117. The van der Waals surface area contributed by atoms with E-state index in [2.05, 4.69) is 41.4 Å². The lowest BCUT2D eigenvalue weighted by atomic mass is 10.0. The number of halogens is 4. The highest BCUT2D eigenvalue weighted by molar-refractivity contribution is 14.1. The van der Waals surface area contributed by atoms with Crippen molar-refractivity contribution in [1.82, 2.24) is 4.90 Å². The Morgan fingerprint density at radius 2 is 1.56 bits per heavy atom. The van der Waals surface area contributed by atoms with E-state index < -0.39 is 48.2 Å². The molecular weight excluding hydrogens is 573 g/mol. The summed E-state index contributed by atoms with van der Waals surface area (Å²) in [6, 6.07) is 1.15. The summed E-state index contributed by atoms with van der Waals surface area (Å²) in [6.45, 7) is 10.5. The number of nitrogens with zero attached hydrogens (tertiary/aromatic N) is 1. The topological polar surface area (TPSA) is 55.8 Å². The minimum absolute atomic E-state index is 0.0620. The summed E-state index contributed by atoms with van der Waals surface area (Å²) in [5, 5.41) is 0. The predicted octanol–water partition coefficient (Wildman–Crippen LogP) is 6.82. The molecule has 2 aliphatic rings. The summed E-state index contributed by atoms with van der Waals surface area (Å²) in [5.74, 6) is -4.55. The van der Waals surface area contributed by atoms with Crippen molar-refractivity contribution in [2.75, 3.05) is 13.2 Å². The van der Waals surface area contributed by atoms with Crippen LogP contribution in [-0.4, -0.2) is 41.3 Å². The second-order valence-electron chi connectivity index (χ2n) is 8.79. The minimum Gasteiger partial charge on any atom is -0.332 e. The molecule has 0 bridgehead atoms. The molecule has 0 saturated carbocycles. The summed E-state index contributed by atoms with van der Waals surface area (Å²) in [7, 11) is -3.67. The molecule has 5 nitrogen and oxygen atoms in total. The Hall–Kier alpha value is -0.423. The number of rotatable bonds is 6. The monoisotopic (exact) mass is 605 g/mol. The van der Waals surface area contributed by atoms with Crippen molar-refractivity contribution in [2.45, 2.75) is 76.9 Å². The van der Waals surface area contributed by atoms with Gasteiger partial charge in [0.2, 0.25) is 5.91 Å². The SMILES string of the molecule is CCOP(=O)(OCC)C1CC[C@H]2CC[C@@H](c3ccc(F)c(F)c3F)N2C1=O.C[Si](C)(C)I. The third-order valence-corrected chi connectivity index (χ3v) is 7.72. The number of piperidine rings is 1. The van der Waals surface area contributed by atoms with Crippen molar-refractivity contribution in [2.24, 2.45) is 0 Å². The van der Waals surface area contributed by atoms with E-state index >= 15 is 0 Å². The van der Waals surface area contributed by atoms with Crippen molar-refractivity contribution in [3.05, 3.63) is 35.1 Å². The van der Waals surface area contributed by atoms with Crippen LogP contribution in [0.15, 0.2) is 12.1 Å². The standard InChI is InChI=1S/C18H23F3NO4P.C3H9ISi/c1-3-25-27(24,26-4-2)15-10-6-11-5-9-14(22(11)18(15)23)12-7-8-13(19)17(21)16(12)20;1-5(2,3)4/h7-8,11,14-15H,3-6,9-10H2,1-2H3;1-3H3/t11-,14+,15?;/m1./s1. The summed E-state index contributed by atoms with van der Waals surface area (Å²) in [6.07, 6.45) is 1.97. The van der Waals surface area contributed by atoms with Crippen LogP contribution in [0.4, 0.5) is 13.2 Å². The van der Waals surface area contributed by atoms with E-state index in [0.29, 0.717) is 25.7 Å². The molecule has 0 aliphatic carbocycles. The highest BCUT2D eigenvalue weighted by atomic mass is 127. The first-order valence-corrected chi connectivity index (χ1v) is 19.1. The van der Waals surface area contributed by atoms with Crippen LogP contribution in [0.1, 0.15) is 51.1 Å². The number of benzene rings is 1. The Labute approximate surface area is 202 Å². The van der Waals surface area contributed by atoms with Gasteiger partial charge >= 0.3 is 7.60 Å². The van der Waals surface area contributed by atoms with Gasteiger partial charge in [-0.3, -0.25) is 9.36 Å². The number of carbonyl (C=O) groups is 1. The maximum absolute atomic E-state index is 14.3. The number of hydrogen-bond donors (Lipinski definition) is 0. The highest BCUT2D eigenvalue weighted by Gasteiger charge is 2.51. The maximum Gasteiger partial charge on any atom is 0.343 e. The molecule has 2 aliphatic heterocycles. The molecule has 0 aromatic heterocycles. The van der Waals surface area contributed by atoms with Crippen LogP contribution < -0.4 is 0 Å². The van der Waals surface area contributed by atoms with Gasteiger partial charge in [-0.15, -0.1) is 21.8 Å². The largest absolute Gasteiger partial charge is 0.343 e. The Bertz CT molecular complexity index is 854. The number of amides is 1.